The Bertz CT molecular complexity index is 485. The Morgan fingerprint density at radius 3 is 2.25 bits per heavy atom. The zero-order valence-corrected chi connectivity index (χ0v) is 9.25. The van der Waals surface area contributed by atoms with Crippen LogP contribution < -0.4 is 4.74 Å². The van der Waals surface area contributed by atoms with E-state index in [1.807, 2.05) is 18.2 Å². The second-order valence-electron chi connectivity index (χ2n) is 3.27. The molecule has 0 saturated carbocycles. The lowest BCUT2D eigenvalue weighted by molar-refractivity contribution is 0.439. The molecule has 0 radical (unpaired) electrons. The highest BCUT2D eigenvalue weighted by atomic mass is 35.5. The van der Waals surface area contributed by atoms with Gasteiger partial charge in [0, 0.05) is 5.56 Å². The minimum atomic E-state index is -0.383. The fraction of sp³-hybridized carbons (Fsp3) is 0.0769. The van der Waals surface area contributed by atoms with Gasteiger partial charge in [0.05, 0.1) is 5.88 Å². The summed E-state index contributed by atoms with van der Waals surface area (Å²) in [7, 11) is 0. The topological polar surface area (TPSA) is 9.23 Å². The lowest BCUT2D eigenvalue weighted by Crippen LogP contribution is -1.91. The van der Waals surface area contributed by atoms with E-state index in [4.69, 9.17) is 16.3 Å². The molecule has 0 spiro atoms. The monoisotopic (exact) mass is 236 g/mol. The first-order valence-corrected chi connectivity index (χ1v) is 5.41. The van der Waals surface area contributed by atoms with Crippen molar-refractivity contribution in [2.45, 2.75) is 5.88 Å². The van der Waals surface area contributed by atoms with Gasteiger partial charge in [0.25, 0.3) is 0 Å². The molecule has 2 rings (SSSR count). The molecular weight excluding hydrogens is 227 g/mol. The maximum absolute atomic E-state index is 13.4. The van der Waals surface area contributed by atoms with E-state index in [0.717, 1.165) is 5.56 Å². The number of alkyl halides is 1. The van der Waals surface area contributed by atoms with E-state index >= 15 is 0 Å². The summed E-state index contributed by atoms with van der Waals surface area (Å²) < 4.78 is 18.8. The van der Waals surface area contributed by atoms with Crippen molar-refractivity contribution in [2.75, 3.05) is 0 Å². The quantitative estimate of drug-likeness (QED) is 0.720. The molecule has 82 valence electrons. The zero-order chi connectivity index (χ0) is 11.4. The van der Waals surface area contributed by atoms with Gasteiger partial charge in [-0.1, -0.05) is 30.3 Å². The summed E-state index contributed by atoms with van der Waals surface area (Å²) in [5, 5.41) is 0. The van der Waals surface area contributed by atoms with Crippen LogP contribution in [0.4, 0.5) is 4.39 Å². The molecule has 0 atom stereocenters. The minimum absolute atomic E-state index is 0.208. The van der Waals surface area contributed by atoms with Crippen molar-refractivity contribution in [1.82, 2.24) is 0 Å². The van der Waals surface area contributed by atoms with Crippen molar-refractivity contribution >= 4 is 11.6 Å². The van der Waals surface area contributed by atoms with Gasteiger partial charge < -0.3 is 4.74 Å². The van der Waals surface area contributed by atoms with Crippen LogP contribution in [0.2, 0.25) is 0 Å². The van der Waals surface area contributed by atoms with E-state index in [1.165, 1.54) is 6.07 Å². The van der Waals surface area contributed by atoms with Gasteiger partial charge in [0.15, 0.2) is 11.6 Å². The van der Waals surface area contributed by atoms with E-state index in [1.54, 1.807) is 24.3 Å². The van der Waals surface area contributed by atoms with Crippen LogP contribution in [0.25, 0.3) is 0 Å². The van der Waals surface area contributed by atoms with E-state index in [0.29, 0.717) is 11.6 Å². The fourth-order valence-corrected chi connectivity index (χ4v) is 1.58. The summed E-state index contributed by atoms with van der Waals surface area (Å²) in [5.74, 6) is 0.750. The summed E-state index contributed by atoms with van der Waals surface area (Å²) in [6, 6.07) is 13.6. The third kappa shape index (κ3) is 2.34. The summed E-state index contributed by atoms with van der Waals surface area (Å²) in [6.07, 6.45) is 0. The summed E-state index contributed by atoms with van der Waals surface area (Å²) in [6.45, 7) is 0. The van der Waals surface area contributed by atoms with E-state index in [9.17, 15) is 4.39 Å². The van der Waals surface area contributed by atoms with Crippen molar-refractivity contribution in [3.05, 3.63) is 59.9 Å². The van der Waals surface area contributed by atoms with E-state index in [-0.39, 0.29) is 11.6 Å². The van der Waals surface area contributed by atoms with Gasteiger partial charge in [-0.15, -0.1) is 11.6 Å². The van der Waals surface area contributed by atoms with Crippen molar-refractivity contribution in [2.24, 2.45) is 0 Å². The van der Waals surface area contributed by atoms with Gasteiger partial charge in [-0.2, -0.15) is 0 Å². The molecule has 0 aliphatic carbocycles. The fourth-order valence-electron chi connectivity index (χ4n) is 1.36. The van der Waals surface area contributed by atoms with Crippen molar-refractivity contribution in [3.63, 3.8) is 0 Å². The molecule has 0 fully saturated rings. The van der Waals surface area contributed by atoms with Gasteiger partial charge in [-0.3, -0.25) is 0 Å². The summed E-state index contributed by atoms with van der Waals surface area (Å²) >= 11 is 5.76. The molecular formula is C13H10ClFO. The molecule has 0 bridgehead atoms. The molecule has 0 aliphatic rings. The molecule has 2 aromatic rings. The Morgan fingerprint density at radius 2 is 1.56 bits per heavy atom. The molecule has 0 unspecified atom stereocenters. The number of rotatable bonds is 3. The third-order valence-electron chi connectivity index (χ3n) is 2.17. The van der Waals surface area contributed by atoms with Gasteiger partial charge in [-0.05, 0) is 18.2 Å². The highest BCUT2D eigenvalue weighted by molar-refractivity contribution is 6.17. The van der Waals surface area contributed by atoms with E-state index in [2.05, 4.69) is 0 Å². The Labute approximate surface area is 98.4 Å². The third-order valence-corrected chi connectivity index (χ3v) is 2.46. The lowest BCUT2D eigenvalue weighted by Gasteiger charge is -2.09. The number of benzene rings is 2. The van der Waals surface area contributed by atoms with Crippen LogP contribution in [0.15, 0.2) is 48.5 Å². The van der Waals surface area contributed by atoms with E-state index < -0.39 is 0 Å². The van der Waals surface area contributed by atoms with Crippen LogP contribution in [0.5, 0.6) is 11.5 Å². The van der Waals surface area contributed by atoms with Gasteiger partial charge in [-0.25, -0.2) is 4.39 Å². The zero-order valence-electron chi connectivity index (χ0n) is 8.49. The minimum Gasteiger partial charge on any atom is -0.454 e. The highest BCUT2D eigenvalue weighted by Crippen LogP contribution is 2.27. The molecule has 0 N–H and O–H groups in total. The molecule has 3 heteroatoms. The smallest absolute Gasteiger partial charge is 0.165 e. The SMILES string of the molecule is Fc1ccccc1Oc1ccccc1CCl. The number of hydrogen-bond donors (Lipinski definition) is 0. The highest BCUT2D eigenvalue weighted by Gasteiger charge is 2.06. The molecule has 0 aromatic heterocycles. The molecule has 16 heavy (non-hydrogen) atoms. The van der Waals surface area contributed by atoms with Crippen LogP contribution in [0, 0.1) is 5.82 Å². The Morgan fingerprint density at radius 1 is 0.938 bits per heavy atom. The maximum Gasteiger partial charge on any atom is 0.165 e. The normalized spacial score (nSPS) is 10.1. The first-order valence-electron chi connectivity index (χ1n) is 4.87. The van der Waals surface area contributed by atoms with Gasteiger partial charge in [0.1, 0.15) is 5.75 Å². The van der Waals surface area contributed by atoms with Crippen molar-refractivity contribution in [3.8, 4) is 11.5 Å². The lowest BCUT2D eigenvalue weighted by atomic mass is 10.2. The van der Waals surface area contributed by atoms with Gasteiger partial charge >= 0.3 is 0 Å². The van der Waals surface area contributed by atoms with Gasteiger partial charge in [0.2, 0.25) is 0 Å². The Kier molecular flexibility index (Phi) is 3.42. The largest absolute Gasteiger partial charge is 0.454 e. The standard InChI is InChI=1S/C13H10ClFO/c14-9-10-5-1-3-7-12(10)16-13-8-4-2-6-11(13)15/h1-8H,9H2. The molecule has 0 saturated heterocycles. The number of ether oxygens (including phenoxy) is 1. The van der Waals surface area contributed by atoms with Crippen LogP contribution in [0.1, 0.15) is 5.56 Å². The predicted octanol–water partition coefficient (Wildman–Crippen LogP) is 4.36. The first kappa shape index (κ1) is 11.0. The average molecular weight is 237 g/mol. The molecule has 1 nitrogen and oxygen atoms in total. The molecule has 0 amide bonds. The molecule has 0 heterocycles. The van der Waals surface area contributed by atoms with Crippen LogP contribution in [-0.4, -0.2) is 0 Å². The van der Waals surface area contributed by atoms with Crippen molar-refractivity contribution < 1.29 is 9.13 Å². The Balaban J connectivity index is 2.30. The number of para-hydroxylation sites is 2. The second-order valence-corrected chi connectivity index (χ2v) is 3.54. The predicted molar refractivity (Wildman–Crippen MR) is 62.5 cm³/mol. The maximum atomic E-state index is 13.4. The summed E-state index contributed by atoms with van der Waals surface area (Å²) in [4.78, 5) is 0. The summed E-state index contributed by atoms with van der Waals surface area (Å²) in [5.41, 5.74) is 0.840. The van der Waals surface area contributed by atoms with Crippen LogP contribution in [-0.2, 0) is 5.88 Å². The Hall–Kier alpha value is -1.54. The van der Waals surface area contributed by atoms with Crippen LogP contribution in [0.3, 0.4) is 0 Å². The second kappa shape index (κ2) is 4.99. The number of hydrogen-bond acceptors (Lipinski definition) is 1. The first-order chi connectivity index (χ1) is 7.81. The molecule has 2 aromatic carbocycles. The number of halogens is 2. The van der Waals surface area contributed by atoms with Crippen LogP contribution >= 0.6 is 11.6 Å². The molecule has 0 aliphatic heterocycles. The average Bonchev–Trinajstić information content (AvgIpc) is 2.33. The van der Waals surface area contributed by atoms with Crippen molar-refractivity contribution in [1.29, 1.82) is 0 Å².